The van der Waals surface area contributed by atoms with Crippen LogP contribution in [-0.2, 0) is 0 Å². The molecule has 1 heterocycles. The van der Waals surface area contributed by atoms with Crippen molar-refractivity contribution in [3.05, 3.63) is 23.8 Å². The number of amides is 1. The molecule has 1 aromatic heterocycles. The van der Waals surface area contributed by atoms with Crippen LogP contribution in [0.25, 0.3) is 0 Å². The second kappa shape index (κ2) is 3.09. The Morgan fingerprint density at radius 1 is 1.64 bits per heavy atom. The summed E-state index contributed by atoms with van der Waals surface area (Å²) >= 11 is 0. The van der Waals surface area contributed by atoms with Gasteiger partial charge in [0.25, 0.3) is 5.91 Å². The van der Waals surface area contributed by atoms with Gasteiger partial charge in [0.05, 0.1) is 0 Å². The molecule has 0 fully saturated rings. The van der Waals surface area contributed by atoms with Gasteiger partial charge in [-0.3, -0.25) is 4.79 Å². The summed E-state index contributed by atoms with van der Waals surface area (Å²) in [5.41, 5.74) is 0.790. The Kier molecular flexibility index (Phi) is 2.15. The minimum atomic E-state index is -0.256. The van der Waals surface area contributed by atoms with E-state index in [9.17, 15) is 4.79 Å². The van der Waals surface area contributed by atoms with Gasteiger partial charge in [-0.15, -0.1) is 0 Å². The third kappa shape index (κ3) is 1.73. The van der Waals surface area contributed by atoms with Crippen LogP contribution in [0.4, 0.5) is 0 Å². The van der Waals surface area contributed by atoms with Crippen molar-refractivity contribution in [3.63, 3.8) is 0 Å². The second-order valence-electron chi connectivity index (χ2n) is 2.10. The van der Waals surface area contributed by atoms with Gasteiger partial charge in [0, 0.05) is 18.9 Å². The quantitative estimate of drug-likeness (QED) is 0.621. The predicted molar refractivity (Wildman–Crippen MR) is 40.2 cm³/mol. The fraction of sp³-hybridized carbons (Fsp3) is 0.286. The van der Waals surface area contributed by atoms with E-state index < -0.39 is 0 Å². The first-order valence-corrected chi connectivity index (χ1v) is 3.26. The van der Waals surface area contributed by atoms with Crippen LogP contribution < -0.4 is 5.32 Å². The van der Waals surface area contributed by atoms with Crippen molar-refractivity contribution in [2.24, 2.45) is 0 Å². The van der Waals surface area contributed by atoms with E-state index in [0.717, 1.165) is 5.69 Å². The van der Waals surface area contributed by atoms with Crippen molar-refractivity contribution in [2.45, 2.75) is 6.92 Å². The van der Waals surface area contributed by atoms with Crippen molar-refractivity contribution in [3.8, 4) is 0 Å². The van der Waals surface area contributed by atoms with E-state index >= 15 is 0 Å². The summed E-state index contributed by atoms with van der Waals surface area (Å²) in [6, 6.07) is 1.74. The fourth-order valence-corrected chi connectivity index (χ4v) is 0.670. The lowest BCUT2D eigenvalue weighted by Gasteiger charge is -1.96. The molecule has 0 aliphatic carbocycles. The summed E-state index contributed by atoms with van der Waals surface area (Å²) in [5.74, 6) is -0.0406. The second-order valence-corrected chi connectivity index (χ2v) is 2.10. The zero-order valence-corrected chi connectivity index (χ0v) is 6.46. The Morgan fingerprint density at radius 2 is 2.36 bits per heavy atom. The van der Waals surface area contributed by atoms with Gasteiger partial charge in [-0.05, 0) is 13.0 Å². The molecule has 0 atom stereocenters. The maximum absolute atomic E-state index is 10.9. The molecule has 0 spiro atoms. The van der Waals surface area contributed by atoms with Crippen LogP contribution in [0.1, 0.15) is 16.3 Å². The SMILES string of the molecule is CNC(=O)c1nccc(C)n1. The number of aryl methyl sites for hydroxylation is 1. The van der Waals surface area contributed by atoms with E-state index in [4.69, 9.17) is 0 Å². The average molecular weight is 151 g/mol. The molecular weight excluding hydrogens is 142 g/mol. The van der Waals surface area contributed by atoms with Crippen LogP contribution in [-0.4, -0.2) is 22.9 Å². The molecule has 0 aliphatic heterocycles. The van der Waals surface area contributed by atoms with Crippen LogP contribution in [0.3, 0.4) is 0 Å². The lowest BCUT2D eigenvalue weighted by molar-refractivity contribution is 0.0952. The number of hydrogen-bond acceptors (Lipinski definition) is 3. The van der Waals surface area contributed by atoms with Gasteiger partial charge in [0.2, 0.25) is 5.82 Å². The number of carbonyl (C=O) groups is 1. The van der Waals surface area contributed by atoms with Gasteiger partial charge < -0.3 is 5.32 Å². The standard InChI is InChI=1S/C7H9N3O/c1-5-3-4-9-6(10-5)7(11)8-2/h3-4H,1-2H3,(H,8,11). The highest BCUT2D eigenvalue weighted by atomic mass is 16.2. The first-order chi connectivity index (χ1) is 5.24. The average Bonchev–Trinajstić information content (AvgIpc) is 2.03. The molecule has 0 saturated carbocycles. The summed E-state index contributed by atoms with van der Waals surface area (Å²) in [4.78, 5) is 18.6. The van der Waals surface area contributed by atoms with E-state index in [0.29, 0.717) is 0 Å². The Balaban J connectivity index is 2.96. The Hall–Kier alpha value is -1.45. The zero-order valence-electron chi connectivity index (χ0n) is 6.46. The highest BCUT2D eigenvalue weighted by Gasteiger charge is 2.04. The molecule has 0 unspecified atom stereocenters. The lowest BCUT2D eigenvalue weighted by Crippen LogP contribution is -2.20. The zero-order chi connectivity index (χ0) is 8.27. The van der Waals surface area contributed by atoms with Gasteiger partial charge in [-0.1, -0.05) is 0 Å². The molecule has 0 radical (unpaired) electrons. The number of nitrogens with one attached hydrogen (secondary N) is 1. The Bertz CT molecular complexity index is 272. The van der Waals surface area contributed by atoms with Gasteiger partial charge in [-0.2, -0.15) is 0 Å². The number of hydrogen-bond donors (Lipinski definition) is 1. The van der Waals surface area contributed by atoms with Crippen LogP contribution in [0.2, 0.25) is 0 Å². The van der Waals surface area contributed by atoms with Crippen LogP contribution >= 0.6 is 0 Å². The van der Waals surface area contributed by atoms with E-state index in [1.165, 1.54) is 0 Å². The van der Waals surface area contributed by atoms with Gasteiger partial charge in [0.15, 0.2) is 0 Å². The van der Waals surface area contributed by atoms with Crippen molar-refractivity contribution >= 4 is 5.91 Å². The van der Waals surface area contributed by atoms with E-state index in [1.54, 1.807) is 19.3 Å². The molecule has 58 valence electrons. The highest BCUT2D eigenvalue weighted by molar-refractivity contribution is 5.90. The number of nitrogens with zero attached hydrogens (tertiary/aromatic N) is 2. The largest absolute Gasteiger partial charge is 0.352 e. The summed E-state index contributed by atoms with van der Waals surface area (Å²) in [6.07, 6.45) is 1.56. The van der Waals surface area contributed by atoms with Crippen LogP contribution in [0, 0.1) is 6.92 Å². The Labute approximate surface area is 64.7 Å². The van der Waals surface area contributed by atoms with E-state index in [2.05, 4.69) is 15.3 Å². The minimum Gasteiger partial charge on any atom is -0.352 e. The first kappa shape index (κ1) is 7.65. The molecule has 1 amide bonds. The molecular formula is C7H9N3O. The monoisotopic (exact) mass is 151 g/mol. The molecule has 0 aliphatic rings. The molecule has 4 heteroatoms. The number of rotatable bonds is 1. The lowest BCUT2D eigenvalue weighted by atomic mass is 10.4. The molecule has 0 bridgehead atoms. The van der Waals surface area contributed by atoms with Crippen molar-refractivity contribution in [1.82, 2.24) is 15.3 Å². The summed E-state index contributed by atoms with van der Waals surface area (Å²) in [6.45, 7) is 1.81. The van der Waals surface area contributed by atoms with Crippen molar-refractivity contribution < 1.29 is 4.79 Å². The molecule has 4 nitrogen and oxygen atoms in total. The first-order valence-electron chi connectivity index (χ1n) is 3.26. The third-order valence-electron chi connectivity index (χ3n) is 1.22. The molecule has 1 N–H and O–H groups in total. The third-order valence-corrected chi connectivity index (χ3v) is 1.22. The molecule has 11 heavy (non-hydrogen) atoms. The summed E-state index contributed by atoms with van der Waals surface area (Å²) in [7, 11) is 1.55. The highest BCUT2D eigenvalue weighted by Crippen LogP contribution is 1.91. The predicted octanol–water partition coefficient (Wildman–Crippen LogP) is 0.145. The molecule has 1 rings (SSSR count). The molecule has 0 aromatic carbocycles. The number of carbonyl (C=O) groups excluding carboxylic acids is 1. The smallest absolute Gasteiger partial charge is 0.288 e. The topological polar surface area (TPSA) is 54.9 Å². The van der Waals surface area contributed by atoms with E-state index in [-0.39, 0.29) is 11.7 Å². The van der Waals surface area contributed by atoms with Gasteiger partial charge in [-0.25, -0.2) is 9.97 Å². The van der Waals surface area contributed by atoms with Crippen LogP contribution in [0.15, 0.2) is 12.3 Å². The fourth-order valence-electron chi connectivity index (χ4n) is 0.670. The molecule has 1 aromatic rings. The van der Waals surface area contributed by atoms with Gasteiger partial charge in [0.1, 0.15) is 0 Å². The van der Waals surface area contributed by atoms with Crippen molar-refractivity contribution in [2.75, 3.05) is 7.05 Å². The Morgan fingerprint density at radius 3 is 2.91 bits per heavy atom. The maximum Gasteiger partial charge on any atom is 0.288 e. The van der Waals surface area contributed by atoms with Crippen LogP contribution in [0.5, 0.6) is 0 Å². The normalized spacial score (nSPS) is 9.27. The minimum absolute atomic E-state index is 0.215. The van der Waals surface area contributed by atoms with Crippen molar-refractivity contribution in [1.29, 1.82) is 0 Å². The number of aromatic nitrogens is 2. The summed E-state index contributed by atoms with van der Waals surface area (Å²) < 4.78 is 0. The van der Waals surface area contributed by atoms with E-state index in [1.807, 2.05) is 6.92 Å². The maximum atomic E-state index is 10.9. The molecule has 0 saturated heterocycles. The van der Waals surface area contributed by atoms with Gasteiger partial charge >= 0.3 is 0 Å². The summed E-state index contributed by atoms with van der Waals surface area (Å²) in [5, 5.41) is 2.44.